The molecule has 0 saturated carbocycles. The van der Waals surface area contributed by atoms with Crippen LogP contribution in [-0.2, 0) is 21.0 Å². The Hall–Kier alpha value is -3.88. The molecule has 0 aliphatic carbocycles. The van der Waals surface area contributed by atoms with E-state index < -0.39 is 5.97 Å². The van der Waals surface area contributed by atoms with Crippen LogP contribution in [0, 0.1) is 0 Å². The summed E-state index contributed by atoms with van der Waals surface area (Å²) in [4.78, 5) is 32.2. The summed E-state index contributed by atoms with van der Waals surface area (Å²) in [5.41, 5.74) is 9.50. The summed E-state index contributed by atoms with van der Waals surface area (Å²) < 4.78 is 5.33. The maximum Gasteiger partial charge on any atom is 0.305 e. The highest BCUT2D eigenvalue weighted by molar-refractivity contribution is 6.03. The van der Waals surface area contributed by atoms with Gasteiger partial charge in [-0.3, -0.25) is 14.6 Å². The Morgan fingerprint density at radius 2 is 2.00 bits per heavy atom. The van der Waals surface area contributed by atoms with Gasteiger partial charge in [0.15, 0.2) is 0 Å². The highest BCUT2D eigenvalue weighted by atomic mass is 16.6. The number of nitrogens with zero attached hydrogens (tertiary/aromatic N) is 2. The maximum absolute atomic E-state index is 11.9. The van der Waals surface area contributed by atoms with Gasteiger partial charge < -0.3 is 25.7 Å². The lowest BCUT2D eigenvalue weighted by Crippen LogP contribution is -2.29. The molecular formula is C23H26N4O5. The van der Waals surface area contributed by atoms with Crippen molar-refractivity contribution in [3.8, 4) is 5.75 Å². The highest BCUT2D eigenvalue weighted by Crippen LogP contribution is 2.20. The number of para-hydroxylation sites is 1. The Bertz CT molecular complexity index is 1020. The van der Waals surface area contributed by atoms with Crippen LogP contribution in [0.2, 0.25) is 0 Å². The minimum Gasteiger partial charge on any atom is -0.496 e. The summed E-state index contributed by atoms with van der Waals surface area (Å²) in [6.45, 7) is 0.504. The lowest BCUT2D eigenvalue weighted by molar-refractivity contribution is -0.136. The zero-order valence-electron chi connectivity index (χ0n) is 17.8. The molecule has 1 amide bonds. The number of carbonyl (C=O) groups is 2. The van der Waals surface area contributed by atoms with Gasteiger partial charge in [-0.05, 0) is 11.6 Å². The van der Waals surface area contributed by atoms with Gasteiger partial charge in [-0.2, -0.15) is 0 Å². The number of hydrogen-bond acceptors (Lipinski definition) is 6. The summed E-state index contributed by atoms with van der Waals surface area (Å²) in [6, 6.07) is 15.2. The number of methoxy groups -OCH3 is 1. The Labute approximate surface area is 185 Å². The van der Waals surface area contributed by atoms with Gasteiger partial charge in [-0.1, -0.05) is 47.6 Å². The molecule has 168 valence electrons. The van der Waals surface area contributed by atoms with Crippen molar-refractivity contribution in [2.45, 2.75) is 31.9 Å². The third-order valence-corrected chi connectivity index (χ3v) is 4.93. The van der Waals surface area contributed by atoms with E-state index in [-0.39, 0.29) is 31.4 Å². The van der Waals surface area contributed by atoms with Crippen LogP contribution in [0.5, 0.6) is 5.75 Å². The van der Waals surface area contributed by atoms with Crippen molar-refractivity contribution in [2.24, 2.45) is 15.9 Å². The van der Waals surface area contributed by atoms with Crippen molar-refractivity contribution in [1.29, 1.82) is 0 Å². The van der Waals surface area contributed by atoms with Gasteiger partial charge in [0.25, 0.3) is 0 Å². The number of ether oxygens (including phenoxy) is 1. The van der Waals surface area contributed by atoms with Crippen LogP contribution in [0.4, 0.5) is 0 Å². The van der Waals surface area contributed by atoms with E-state index >= 15 is 0 Å². The number of carboxylic acid groups (broad SMARTS) is 1. The van der Waals surface area contributed by atoms with Crippen molar-refractivity contribution in [3.63, 3.8) is 0 Å². The third-order valence-electron chi connectivity index (χ3n) is 4.93. The number of nitrogens with two attached hydrogens (primary N) is 1. The second kappa shape index (κ2) is 10.9. The fourth-order valence-corrected chi connectivity index (χ4v) is 3.22. The van der Waals surface area contributed by atoms with Crippen LogP contribution in [-0.4, -0.2) is 48.3 Å². The number of rotatable bonds is 10. The average molecular weight is 438 g/mol. The Balaban J connectivity index is 1.53. The van der Waals surface area contributed by atoms with E-state index in [4.69, 9.17) is 20.4 Å². The largest absolute Gasteiger partial charge is 0.496 e. The third kappa shape index (κ3) is 6.31. The first-order valence-corrected chi connectivity index (χ1v) is 10.2. The Morgan fingerprint density at radius 3 is 2.72 bits per heavy atom. The van der Waals surface area contributed by atoms with Gasteiger partial charge in [0, 0.05) is 24.1 Å². The molecule has 4 N–H and O–H groups in total. The van der Waals surface area contributed by atoms with Gasteiger partial charge in [0.2, 0.25) is 5.91 Å². The maximum atomic E-state index is 11.9. The van der Waals surface area contributed by atoms with Crippen LogP contribution in [0.15, 0.2) is 58.7 Å². The van der Waals surface area contributed by atoms with E-state index in [0.29, 0.717) is 18.8 Å². The molecule has 0 saturated heterocycles. The molecule has 1 aliphatic rings. The number of aliphatic carboxylic acids is 1. The molecule has 2 aromatic rings. The number of nitrogens with one attached hydrogen (secondary N) is 1. The van der Waals surface area contributed by atoms with Gasteiger partial charge in [-0.15, -0.1) is 0 Å². The summed E-state index contributed by atoms with van der Waals surface area (Å²) in [5, 5.41) is 15.3. The molecular weight excluding hydrogens is 412 g/mol. The van der Waals surface area contributed by atoms with E-state index in [0.717, 1.165) is 28.2 Å². The van der Waals surface area contributed by atoms with Crippen molar-refractivity contribution in [1.82, 2.24) is 5.32 Å². The standard InChI is InChI=1S/C23H26N4O5/c1-31-20-5-3-2-4-17(20)14-26-23(24)16-8-6-15(7-9-16)19-12-18(32-27-19)13-21(28)25-11-10-22(29)30/h2-9,18H,10-14H2,1H3,(H2,24,26)(H,25,28)(H,29,30). The van der Waals surface area contributed by atoms with Crippen LogP contribution < -0.4 is 15.8 Å². The van der Waals surface area contributed by atoms with Gasteiger partial charge in [0.05, 0.1) is 32.2 Å². The molecule has 1 heterocycles. The number of amides is 1. The minimum absolute atomic E-state index is 0.0933. The Kier molecular flexibility index (Phi) is 7.80. The lowest BCUT2D eigenvalue weighted by Gasteiger charge is -2.08. The average Bonchev–Trinajstić information content (AvgIpc) is 3.25. The van der Waals surface area contributed by atoms with Crippen LogP contribution in [0.3, 0.4) is 0 Å². The topological polar surface area (TPSA) is 136 Å². The monoisotopic (exact) mass is 438 g/mol. The number of benzene rings is 2. The Morgan fingerprint density at radius 1 is 1.25 bits per heavy atom. The normalized spacial score (nSPS) is 15.6. The summed E-state index contributed by atoms with van der Waals surface area (Å²) in [7, 11) is 1.62. The second-order valence-corrected chi connectivity index (χ2v) is 7.26. The molecule has 2 aromatic carbocycles. The molecule has 0 bridgehead atoms. The van der Waals surface area contributed by atoms with E-state index in [1.165, 1.54) is 0 Å². The van der Waals surface area contributed by atoms with E-state index in [2.05, 4.69) is 15.5 Å². The van der Waals surface area contributed by atoms with Crippen molar-refractivity contribution < 1.29 is 24.3 Å². The highest BCUT2D eigenvalue weighted by Gasteiger charge is 2.24. The number of amidine groups is 1. The number of hydrogen-bond donors (Lipinski definition) is 3. The summed E-state index contributed by atoms with van der Waals surface area (Å²) >= 11 is 0. The number of carbonyl (C=O) groups excluding carboxylic acids is 1. The van der Waals surface area contributed by atoms with Gasteiger partial charge >= 0.3 is 5.97 Å². The molecule has 9 heteroatoms. The molecule has 0 radical (unpaired) electrons. The van der Waals surface area contributed by atoms with E-state index in [1.807, 2.05) is 48.5 Å². The summed E-state index contributed by atoms with van der Waals surface area (Å²) in [6.07, 6.45) is 0.120. The van der Waals surface area contributed by atoms with Crippen molar-refractivity contribution in [3.05, 3.63) is 65.2 Å². The smallest absolute Gasteiger partial charge is 0.305 e. The van der Waals surface area contributed by atoms with Crippen molar-refractivity contribution >= 4 is 23.4 Å². The molecule has 0 aromatic heterocycles. The molecule has 32 heavy (non-hydrogen) atoms. The molecule has 0 spiro atoms. The lowest BCUT2D eigenvalue weighted by atomic mass is 10.0. The fraction of sp³-hybridized carbons (Fsp3) is 0.304. The molecule has 1 atom stereocenters. The minimum atomic E-state index is -0.957. The first kappa shape index (κ1) is 22.8. The van der Waals surface area contributed by atoms with Crippen LogP contribution in [0.1, 0.15) is 36.0 Å². The number of aliphatic imine (C=N–C) groups is 1. The molecule has 9 nitrogen and oxygen atoms in total. The zero-order valence-corrected chi connectivity index (χ0v) is 17.8. The van der Waals surface area contributed by atoms with E-state index in [9.17, 15) is 9.59 Å². The molecule has 1 aliphatic heterocycles. The first-order chi connectivity index (χ1) is 15.5. The fourth-order valence-electron chi connectivity index (χ4n) is 3.22. The molecule has 1 unspecified atom stereocenters. The molecule has 3 rings (SSSR count). The van der Waals surface area contributed by atoms with Gasteiger partial charge in [0.1, 0.15) is 17.7 Å². The molecule has 0 fully saturated rings. The van der Waals surface area contributed by atoms with Gasteiger partial charge in [-0.25, -0.2) is 0 Å². The predicted molar refractivity (Wildman–Crippen MR) is 120 cm³/mol. The van der Waals surface area contributed by atoms with Crippen LogP contribution in [0.25, 0.3) is 0 Å². The quantitative estimate of drug-likeness (QED) is 0.384. The van der Waals surface area contributed by atoms with E-state index in [1.54, 1.807) is 7.11 Å². The van der Waals surface area contributed by atoms with Crippen molar-refractivity contribution in [2.75, 3.05) is 13.7 Å². The predicted octanol–water partition coefficient (Wildman–Crippen LogP) is 2.07. The number of oxime groups is 1. The zero-order chi connectivity index (χ0) is 22.9. The first-order valence-electron chi connectivity index (χ1n) is 10.2. The second-order valence-electron chi connectivity index (χ2n) is 7.26. The number of carboxylic acids is 1. The van der Waals surface area contributed by atoms with Crippen LogP contribution >= 0.6 is 0 Å². The SMILES string of the molecule is COc1ccccc1CN=C(N)c1ccc(C2=NOC(CC(=O)NCCC(=O)O)C2)cc1. The summed E-state index contributed by atoms with van der Waals surface area (Å²) in [5.74, 6) is -0.0317.